The molecule has 120 valence electrons. The van der Waals surface area contributed by atoms with Gasteiger partial charge in [-0.05, 0) is 54.6 Å². The molecule has 2 aromatic carbocycles. The Morgan fingerprint density at radius 2 is 1.50 bits per heavy atom. The van der Waals surface area contributed by atoms with E-state index >= 15 is 0 Å². The highest BCUT2D eigenvalue weighted by atomic mass is 16.3. The van der Waals surface area contributed by atoms with Crippen molar-refractivity contribution in [1.82, 2.24) is 0 Å². The van der Waals surface area contributed by atoms with Gasteiger partial charge in [-0.2, -0.15) is 0 Å². The summed E-state index contributed by atoms with van der Waals surface area (Å²) in [6.07, 6.45) is 5.85. The van der Waals surface area contributed by atoms with Crippen molar-refractivity contribution >= 4 is 28.6 Å². The molecular formula is C18H14N2O4. The lowest BCUT2D eigenvalue weighted by atomic mass is 10.1. The van der Waals surface area contributed by atoms with E-state index in [1.807, 2.05) is 0 Å². The molecule has 6 nitrogen and oxygen atoms in total. The van der Waals surface area contributed by atoms with Crippen molar-refractivity contribution in [3.8, 4) is 17.2 Å². The maximum Gasteiger partial charge on any atom is 0.178 e. The summed E-state index contributed by atoms with van der Waals surface area (Å²) in [6.45, 7) is 0. The molecule has 0 heterocycles. The fraction of sp³-hybridized carbons (Fsp3) is 0. The normalized spacial score (nSPS) is 13.2. The Kier molecular flexibility index (Phi) is 4.03. The molecule has 6 heteroatoms. The number of phenolic OH excluding ortho intramolecular Hbond substituents is 3. The van der Waals surface area contributed by atoms with E-state index in [9.17, 15) is 20.1 Å². The van der Waals surface area contributed by atoms with Crippen molar-refractivity contribution in [3.63, 3.8) is 0 Å². The smallest absolute Gasteiger partial charge is 0.178 e. The van der Waals surface area contributed by atoms with Crippen LogP contribution in [-0.2, 0) is 4.79 Å². The highest BCUT2D eigenvalue weighted by Gasteiger charge is 2.10. The molecule has 0 bridgehead atoms. The SMILES string of the molecule is O=C1C=CC(=Nc2cc(Nc3ccc(O)cc3)c(O)cc2O)C=C1. The van der Waals surface area contributed by atoms with Crippen molar-refractivity contribution in [2.75, 3.05) is 5.32 Å². The van der Waals surface area contributed by atoms with Crippen LogP contribution < -0.4 is 5.32 Å². The Bertz CT molecular complexity index is 863. The minimum Gasteiger partial charge on any atom is -0.508 e. The van der Waals surface area contributed by atoms with Gasteiger partial charge in [-0.15, -0.1) is 0 Å². The Morgan fingerprint density at radius 1 is 0.833 bits per heavy atom. The van der Waals surface area contributed by atoms with Crippen molar-refractivity contribution < 1.29 is 20.1 Å². The van der Waals surface area contributed by atoms with E-state index in [-0.39, 0.29) is 28.7 Å². The van der Waals surface area contributed by atoms with Crippen LogP contribution in [0.4, 0.5) is 17.1 Å². The fourth-order valence-corrected chi connectivity index (χ4v) is 2.12. The van der Waals surface area contributed by atoms with Crippen LogP contribution in [0, 0.1) is 0 Å². The van der Waals surface area contributed by atoms with E-state index in [2.05, 4.69) is 10.3 Å². The summed E-state index contributed by atoms with van der Waals surface area (Å²) in [6, 6.07) is 8.98. The lowest BCUT2D eigenvalue weighted by Crippen LogP contribution is -1.98. The average molecular weight is 322 g/mol. The van der Waals surface area contributed by atoms with Gasteiger partial charge < -0.3 is 20.6 Å². The van der Waals surface area contributed by atoms with Gasteiger partial charge in [0, 0.05) is 11.8 Å². The second kappa shape index (κ2) is 6.29. The van der Waals surface area contributed by atoms with Crippen LogP contribution >= 0.6 is 0 Å². The van der Waals surface area contributed by atoms with Crippen molar-refractivity contribution in [1.29, 1.82) is 0 Å². The second-order valence-electron chi connectivity index (χ2n) is 5.14. The molecule has 4 N–H and O–H groups in total. The Balaban J connectivity index is 1.92. The molecule has 3 rings (SSSR count). The van der Waals surface area contributed by atoms with Gasteiger partial charge in [0.1, 0.15) is 22.9 Å². The molecule has 0 atom stereocenters. The number of aliphatic imine (C=N–C) groups is 1. The summed E-state index contributed by atoms with van der Waals surface area (Å²) < 4.78 is 0. The zero-order valence-electron chi connectivity index (χ0n) is 12.5. The average Bonchev–Trinajstić information content (AvgIpc) is 2.56. The molecule has 24 heavy (non-hydrogen) atoms. The Morgan fingerprint density at radius 3 is 2.17 bits per heavy atom. The predicted octanol–water partition coefficient (Wildman–Crippen LogP) is 3.31. The predicted molar refractivity (Wildman–Crippen MR) is 91.5 cm³/mol. The highest BCUT2D eigenvalue weighted by Crippen LogP contribution is 2.38. The number of nitrogens with one attached hydrogen (secondary N) is 1. The largest absolute Gasteiger partial charge is 0.508 e. The molecule has 2 aromatic rings. The molecule has 0 aliphatic heterocycles. The van der Waals surface area contributed by atoms with Crippen molar-refractivity contribution in [2.45, 2.75) is 0 Å². The van der Waals surface area contributed by atoms with E-state index in [4.69, 9.17) is 0 Å². The van der Waals surface area contributed by atoms with E-state index in [1.54, 1.807) is 24.3 Å². The molecule has 0 aromatic heterocycles. The first-order chi connectivity index (χ1) is 11.5. The molecule has 0 fully saturated rings. The zero-order chi connectivity index (χ0) is 17.1. The second-order valence-corrected chi connectivity index (χ2v) is 5.14. The summed E-state index contributed by atoms with van der Waals surface area (Å²) in [4.78, 5) is 15.4. The molecule has 0 saturated carbocycles. The molecule has 1 aliphatic carbocycles. The quantitative estimate of drug-likeness (QED) is 0.394. The maximum atomic E-state index is 11.1. The molecule has 0 amide bonds. The van der Waals surface area contributed by atoms with E-state index in [0.29, 0.717) is 17.1 Å². The molecule has 0 unspecified atom stereocenters. The molecular weight excluding hydrogens is 308 g/mol. The molecule has 0 radical (unpaired) electrons. The number of hydrogen-bond donors (Lipinski definition) is 4. The Labute approximate surface area is 137 Å². The number of carbonyl (C=O) groups excluding carboxylic acids is 1. The number of allylic oxidation sites excluding steroid dienone is 4. The first-order valence-corrected chi connectivity index (χ1v) is 7.12. The van der Waals surface area contributed by atoms with E-state index < -0.39 is 0 Å². The van der Waals surface area contributed by atoms with E-state index in [1.165, 1.54) is 36.4 Å². The summed E-state index contributed by atoms with van der Waals surface area (Å²) in [5.41, 5.74) is 1.74. The lowest BCUT2D eigenvalue weighted by molar-refractivity contribution is -0.110. The standard InChI is InChI=1S/C18H14N2O4/c21-13-5-1-11(2-6-13)19-15-9-16(18(24)10-17(15)23)20-12-3-7-14(22)8-4-12/h1-10,19,21,23-24H. The summed E-state index contributed by atoms with van der Waals surface area (Å²) >= 11 is 0. The lowest BCUT2D eigenvalue weighted by Gasteiger charge is -2.11. The third-order valence-electron chi connectivity index (χ3n) is 3.33. The fourth-order valence-electron chi connectivity index (χ4n) is 2.12. The summed E-state index contributed by atoms with van der Waals surface area (Å²) in [5.74, 6) is -0.323. The number of aromatic hydroxyl groups is 3. The van der Waals surface area contributed by atoms with Crippen LogP contribution in [-0.4, -0.2) is 26.8 Å². The highest BCUT2D eigenvalue weighted by molar-refractivity contribution is 6.17. The molecule has 0 saturated heterocycles. The zero-order valence-corrected chi connectivity index (χ0v) is 12.5. The number of carbonyl (C=O) groups is 1. The minimum atomic E-state index is -0.185. The van der Waals surface area contributed by atoms with Crippen LogP contribution in [0.25, 0.3) is 0 Å². The number of ketones is 1. The van der Waals surface area contributed by atoms with Gasteiger partial charge in [0.05, 0.1) is 11.4 Å². The van der Waals surface area contributed by atoms with Crippen LogP contribution in [0.15, 0.2) is 65.7 Å². The number of nitrogens with zero attached hydrogens (tertiary/aromatic N) is 1. The Hall–Kier alpha value is -3.54. The van der Waals surface area contributed by atoms with Gasteiger partial charge in [0.2, 0.25) is 0 Å². The molecule has 0 spiro atoms. The van der Waals surface area contributed by atoms with Crippen LogP contribution in [0.5, 0.6) is 17.2 Å². The van der Waals surface area contributed by atoms with Gasteiger partial charge in [-0.25, -0.2) is 4.99 Å². The number of phenols is 3. The summed E-state index contributed by atoms with van der Waals surface area (Å²) in [5, 5.41) is 32.2. The van der Waals surface area contributed by atoms with Crippen molar-refractivity contribution in [3.05, 3.63) is 60.7 Å². The van der Waals surface area contributed by atoms with Crippen molar-refractivity contribution in [2.24, 2.45) is 4.99 Å². The van der Waals surface area contributed by atoms with E-state index in [0.717, 1.165) is 0 Å². The number of anilines is 2. The third kappa shape index (κ3) is 3.44. The summed E-state index contributed by atoms with van der Waals surface area (Å²) in [7, 11) is 0. The van der Waals surface area contributed by atoms with Crippen LogP contribution in [0.2, 0.25) is 0 Å². The van der Waals surface area contributed by atoms with Gasteiger partial charge in [-0.3, -0.25) is 4.79 Å². The number of rotatable bonds is 3. The number of benzene rings is 2. The maximum absolute atomic E-state index is 11.1. The third-order valence-corrected chi connectivity index (χ3v) is 3.33. The van der Waals surface area contributed by atoms with Gasteiger partial charge in [0.25, 0.3) is 0 Å². The van der Waals surface area contributed by atoms with Crippen LogP contribution in [0.1, 0.15) is 0 Å². The topological polar surface area (TPSA) is 102 Å². The monoisotopic (exact) mass is 322 g/mol. The van der Waals surface area contributed by atoms with Crippen LogP contribution in [0.3, 0.4) is 0 Å². The molecule has 1 aliphatic rings. The van der Waals surface area contributed by atoms with Gasteiger partial charge in [0.15, 0.2) is 5.78 Å². The van der Waals surface area contributed by atoms with Gasteiger partial charge in [-0.1, -0.05) is 0 Å². The number of hydrogen-bond acceptors (Lipinski definition) is 6. The van der Waals surface area contributed by atoms with Gasteiger partial charge >= 0.3 is 0 Å². The first kappa shape index (κ1) is 15.4. The first-order valence-electron chi connectivity index (χ1n) is 7.12. The minimum absolute atomic E-state index is 0.126.